The van der Waals surface area contributed by atoms with Crippen LogP contribution in [0, 0.1) is 19.3 Å². The molecule has 12 heavy (non-hydrogen) atoms. The highest BCUT2D eigenvalue weighted by Crippen LogP contribution is 2.19. The topological polar surface area (TPSA) is 4.93 Å². The summed E-state index contributed by atoms with van der Waals surface area (Å²) in [5.74, 6) is 0. The van der Waals surface area contributed by atoms with Crippen LogP contribution in [0.3, 0.4) is 0 Å². The van der Waals surface area contributed by atoms with Crippen molar-refractivity contribution in [2.75, 3.05) is 0 Å². The molecule has 0 aromatic carbocycles. The van der Waals surface area contributed by atoms with Gasteiger partial charge in [-0.1, -0.05) is 20.8 Å². The van der Waals surface area contributed by atoms with E-state index in [2.05, 4.69) is 51.3 Å². The summed E-state index contributed by atoms with van der Waals surface area (Å²) in [5, 5.41) is 0. The molecule has 1 nitrogen and oxygen atoms in total. The second kappa shape index (κ2) is 2.96. The number of nitrogens with zero attached hydrogens (tertiary/aromatic N) is 1. The molecule has 0 saturated heterocycles. The monoisotopic (exact) mass is 165 g/mol. The van der Waals surface area contributed by atoms with Crippen LogP contribution in [-0.2, 0) is 6.54 Å². The third-order valence-electron chi connectivity index (χ3n) is 2.05. The van der Waals surface area contributed by atoms with Crippen molar-refractivity contribution in [3.8, 4) is 0 Å². The van der Waals surface area contributed by atoms with Gasteiger partial charge in [0.25, 0.3) is 0 Å². The van der Waals surface area contributed by atoms with Crippen molar-refractivity contribution >= 4 is 0 Å². The highest BCUT2D eigenvalue weighted by molar-refractivity contribution is 5.13. The summed E-state index contributed by atoms with van der Waals surface area (Å²) in [7, 11) is 0. The van der Waals surface area contributed by atoms with Gasteiger partial charge in [-0.3, -0.25) is 0 Å². The van der Waals surface area contributed by atoms with Crippen LogP contribution in [-0.4, -0.2) is 4.57 Å². The van der Waals surface area contributed by atoms with Crippen LogP contribution in [0.15, 0.2) is 12.1 Å². The second-order valence-electron chi connectivity index (χ2n) is 4.76. The van der Waals surface area contributed by atoms with Crippen molar-refractivity contribution < 1.29 is 0 Å². The summed E-state index contributed by atoms with van der Waals surface area (Å²) in [6, 6.07) is 4.36. The minimum atomic E-state index is 0.370. The van der Waals surface area contributed by atoms with Crippen LogP contribution in [0.4, 0.5) is 0 Å². The zero-order valence-corrected chi connectivity index (χ0v) is 8.81. The number of hydrogen-bond acceptors (Lipinski definition) is 0. The van der Waals surface area contributed by atoms with Crippen molar-refractivity contribution in [3.05, 3.63) is 23.5 Å². The zero-order chi connectivity index (χ0) is 9.35. The highest BCUT2D eigenvalue weighted by Gasteiger charge is 2.12. The van der Waals surface area contributed by atoms with Crippen LogP contribution in [0.25, 0.3) is 0 Å². The second-order valence-corrected chi connectivity index (χ2v) is 4.76. The summed E-state index contributed by atoms with van der Waals surface area (Å²) in [5.41, 5.74) is 3.10. The lowest BCUT2D eigenvalue weighted by molar-refractivity contribution is 0.338. The Hall–Kier alpha value is -0.720. The number of rotatable bonds is 1. The van der Waals surface area contributed by atoms with Gasteiger partial charge in [-0.2, -0.15) is 0 Å². The van der Waals surface area contributed by atoms with Crippen LogP contribution in [0.2, 0.25) is 0 Å². The van der Waals surface area contributed by atoms with E-state index in [4.69, 9.17) is 0 Å². The minimum absolute atomic E-state index is 0.370. The molecular weight excluding hydrogens is 146 g/mol. The van der Waals surface area contributed by atoms with E-state index in [1.54, 1.807) is 0 Å². The van der Waals surface area contributed by atoms with Gasteiger partial charge in [0.15, 0.2) is 0 Å². The van der Waals surface area contributed by atoms with Gasteiger partial charge < -0.3 is 4.57 Å². The van der Waals surface area contributed by atoms with E-state index in [0.717, 1.165) is 6.54 Å². The summed E-state index contributed by atoms with van der Waals surface area (Å²) in [6.45, 7) is 12.2. The number of aromatic nitrogens is 1. The summed E-state index contributed by atoms with van der Waals surface area (Å²) in [4.78, 5) is 0. The summed E-state index contributed by atoms with van der Waals surface area (Å²) in [6.07, 6.45) is 0. The molecule has 0 aliphatic carbocycles. The van der Waals surface area contributed by atoms with Crippen LogP contribution in [0.5, 0.6) is 0 Å². The van der Waals surface area contributed by atoms with E-state index in [1.165, 1.54) is 11.4 Å². The first-order chi connectivity index (χ1) is 5.40. The van der Waals surface area contributed by atoms with Crippen molar-refractivity contribution in [1.82, 2.24) is 4.57 Å². The van der Waals surface area contributed by atoms with Crippen molar-refractivity contribution in [3.63, 3.8) is 0 Å². The number of hydrogen-bond donors (Lipinski definition) is 0. The molecule has 0 bridgehead atoms. The lowest BCUT2D eigenvalue weighted by atomic mass is 9.97. The Morgan fingerprint density at radius 2 is 1.50 bits per heavy atom. The molecule has 1 aromatic heterocycles. The van der Waals surface area contributed by atoms with Crippen molar-refractivity contribution in [1.29, 1.82) is 0 Å². The molecule has 68 valence electrons. The zero-order valence-electron chi connectivity index (χ0n) is 8.81. The van der Waals surface area contributed by atoms with E-state index in [9.17, 15) is 0 Å². The standard InChI is InChI=1S/C11H19N/c1-9-6-7-10(2)12(9)8-11(3,4)5/h6-7H,8H2,1-5H3. The maximum absolute atomic E-state index is 2.38. The Morgan fingerprint density at radius 3 is 1.83 bits per heavy atom. The molecule has 1 aromatic rings. The highest BCUT2D eigenvalue weighted by atomic mass is 15.0. The molecule has 0 aliphatic rings. The predicted octanol–water partition coefficient (Wildman–Crippen LogP) is 3.15. The quantitative estimate of drug-likeness (QED) is 0.602. The molecule has 0 fully saturated rings. The number of aryl methyl sites for hydroxylation is 2. The average Bonchev–Trinajstić information content (AvgIpc) is 2.16. The molecule has 0 aliphatic heterocycles. The fourth-order valence-corrected chi connectivity index (χ4v) is 1.42. The van der Waals surface area contributed by atoms with Crippen LogP contribution >= 0.6 is 0 Å². The molecule has 0 spiro atoms. The lowest BCUT2D eigenvalue weighted by Gasteiger charge is -2.21. The SMILES string of the molecule is Cc1ccc(C)n1CC(C)(C)C. The lowest BCUT2D eigenvalue weighted by Crippen LogP contribution is -2.17. The van der Waals surface area contributed by atoms with Gasteiger partial charge in [-0.15, -0.1) is 0 Å². The Labute approximate surface area is 75.4 Å². The molecule has 1 heteroatoms. The Balaban J connectivity index is 2.88. The van der Waals surface area contributed by atoms with E-state index in [0.29, 0.717) is 5.41 Å². The molecular formula is C11H19N. The third-order valence-corrected chi connectivity index (χ3v) is 2.05. The van der Waals surface area contributed by atoms with Gasteiger partial charge in [0.2, 0.25) is 0 Å². The Kier molecular flexibility index (Phi) is 2.31. The summed E-state index contributed by atoms with van der Waals surface area (Å²) >= 11 is 0. The predicted molar refractivity (Wildman–Crippen MR) is 53.4 cm³/mol. The molecule has 0 amide bonds. The maximum atomic E-state index is 2.38. The molecule has 0 radical (unpaired) electrons. The molecule has 0 N–H and O–H groups in total. The normalized spacial score (nSPS) is 12.1. The largest absolute Gasteiger partial charge is 0.349 e. The first-order valence-corrected chi connectivity index (χ1v) is 4.53. The van der Waals surface area contributed by atoms with Gasteiger partial charge in [0, 0.05) is 17.9 Å². The van der Waals surface area contributed by atoms with Gasteiger partial charge in [-0.05, 0) is 31.4 Å². The molecule has 0 saturated carbocycles. The fraction of sp³-hybridized carbons (Fsp3) is 0.636. The summed E-state index contributed by atoms with van der Waals surface area (Å²) < 4.78 is 2.38. The van der Waals surface area contributed by atoms with E-state index in [1.807, 2.05) is 0 Å². The van der Waals surface area contributed by atoms with Crippen molar-refractivity contribution in [2.24, 2.45) is 5.41 Å². The van der Waals surface area contributed by atoms with Crippen molar-refractivity contribution in [2.45, 2.75) is 41.2 Å². The minimum Gasteiger partial charge on any atom is -0.349 e. The molecule has 1 heterocycles. The fourth-order valence-electron chi connectivity index (χ4n) is 1.42. The average molecular weight is 165 g/mol. The van der Waals surface area contributed by atoms with E-state index >= 15 is 0 Å². The van der Waals surface area contributed by atoms with Crippen LogP contribution in [0.1, 0.15) is 32.2 Å². The first kappa shape index (κ1) is 9.37. The van der Waals surface area contributed by atoms with Gasteiger partial charge in [0.05, 0.1) is 0 Å². The van der Waals surface area contributed by atoms with E-state index < -0.39 is 0 Å². The van der Waals surface area contributed by atoms with E-state index in [-0.39, 0.29) is 0 Å². The molecule has 0 unspecified atom stereocenters. The van der Waals surface area contributed by atoms with Gasteiger partial charge >= 0.3 is 0 Å². The van der Waals surface area contributed by atoms with Gasteiger partial charge in [0.1, 0.15) is 0 Å². The van der Waals surface area contributed by atoms with Gasteiger partial charge in [-0.25, -0.2) is 0 Å². The Bertz CT molecular complexity index is 244. The molecule has 1 rings (SSSR count). The first-order valence-electron chi connectivity index (χ1n) is 4.53. The molecule has 0 atom stereocenters. The third kappa shape index (κ3) is 2.13. The Morgan fingerprint density at radius 1 is 1.08 bits per heavy atom. The maximum Gasteiger partial charge on any atom is 0.0273 e. The smallest absolute Gasteiger partial charge is 0.0273 e. The van der Waals surface area contributed by atoms with Crippen LogP contribution < -0.4 is 0 Å².